The minimum Gasteiger partial charge on any atom is -0.345 e. The maximum Gasteiger partial charge on any atom is 0.185 e. The summed E-state index contributed by atoms with van der Waals surface area (Å²) in [5, 5.41) is 4.53. The summed E-state index contributed by atoms with van der Waals surface area (Å²) in [5.41, 5.74) is 0. The van der Waals surface area contributed by atoms with Crippen molar-refractivity contribution in [2.45, 2.75) is 39.3 Å². The predicted molar refractivity (Wildman–Crippen MR) is 65.5 cm³/mol. The Morgan fingerprint density at radius 3 is 3.20 bits per heavy atom. The Balaban J connectivity index is 1.99. The third-order valence-electron chi connectivity index (χ3n) is 2.89. The van der Waals surface area contributed by atoms with Crippen molar-refractivity contribution in [3.05, 3.63) is 11.1 Å². The van der Waals surface area contributed by atoms with Gasteiger partial charge in [0.15, 0.2) is 5.13 Å². The zero-order chi connectivity index (χ0) is 10.7. The molecular weight excluding hydrogens is 206 g/mol. The minimum atomic E-state index is 0.670. The van der Waals surface area contributed by atoms with Crippen LogP contribution >= 0.6 is 11.3 Å². The molecule has 0 bridgehead atoms. The number of nitrogens with zero attached hydrogens (tertiary/aromatic N) is 2. The van der Waals surface area contributed by atoms with Crippen LogP contribution in [-0.4, -0.2) is 24.1 Å². The third-order valence-corrected chi connectivity index (χ3v) is 3.92. The quantitative estimate of drug-likeness (QED) is 0.852. The van der Waals surface area contributed by atoms with Crippen LogP contribution in [0.2, 0.25) is 0 Å². The van der Waals surface area contributed by atoms with Gasteiger partial charge < -0.3 is 10.2 Å². The Hall–Kier alpha value is -0.610. The van der Waals surface area contributed by atoms with E-state index in [0.29, 0.717) is 6.04 Å². The maximum atomic E-state index is 4.51. The molecule has 0 aromatic carbocycles. The number of thiazole rings is 1. The van der Waals surface area contributed by atoms with E-state index in [1.54, 1.807) is 0 Å². The van der Waals surface area contributed by atoms with Crippen LogP contribution in [0.4, 0.5) is 5.13 Å². The van der Waals surface area contributed by atoms with Crippen LogP contribution in [0.25, 0.3) is 0 Å². The molecule has 3 nitrogen and oxygen atoms in total. The maximum absolute atomic E-state index is 4.51. The summed E-state index contributed by atoms with van der Waals surface area (Å²) in [6.45, 7) is 7.57. The second kappa shape index (κ2) is 4.94. The van der Waals surface area contributed by atoms with E-state index in [-0.39, 0.29) is 0 Å². The van der Waals surface area contributed by atoms with Crippen LogP contribution < -0.4 is 10.2 Å². The molecule has 1 atom stereocenters. The fourth-order valence-corrected chi connectivity index (χ4v) is 2.99. The Morgan fingerprint density at radius 1 is 1.67 bits per heavy atom. The first-order valence-electron chi connectivity index (χ1n) is 5.73. The Morgan fingerprint density at radius 2 is 2.53 bits per heavy atom. The molecule has 1 fully saturated rings. The zero-order valence-corrected chi connectivity index (χ0v) is 10.3. The summed E-state index contributed by atoms with van der Waals surface area (Å²) in [4.78, 5) is 8.28. The smallest absolute Gasteiger partial charge is 0.185 e. The molecule has 0 radical (unpaired) electrons. The van der Waals surface area contributed by atoms with E-state index in [4.69, 9.17) is 0 Å². The highest BCUT2D eigenvalue weighted by Crippen LogP contribution is 2.29. The van der Waals surface area contributed by atoms with Crippen molar-refractivity contribution in [3.8, 4) is 0 Å². The number of rotatable bonds is 4. The van der Waals surface area contributed by atoms with Crippen molar-refractivity contribution in [1.82, 2.24) is 10.3 Å². The van der Waals surface area contributed by atoms with Gasteiger partial charge in [0, 0.05) is 30.2 Å². The van der Waals surface area contributed by atoms with Gasteiger partial charge in [0.25, 0.3) is 0 Å². The van der Waals surface area contributed by atoms with E-state index in [9.17, 15) is 0 Å². The third kappa shape index (κ3) is 2.49. The van der Waals surface area contributed by atoms with Gasteiger partial charge in [-0.15, -0.1) is 11.3 Å². The molecule has 1 aliphatic rings. The molecule has 1 aromatic rings. The first-order valence-corrected chi connectivity index (χ1v) is 6.55. The Bertz CT molecular complexity index is 311. The summed E-state index contributed by atoms with van der Waals surface area (Å²) in [5.74, 6) is 0. The Kier molecular flexibility index (Phi) is 3.59. The molecule has 0 amide bonds. The van der Waals surface area contributed by atoms with Crippen LogP contribution in [-0.2, 0) is 6.54 Å². The zero-order valence-electron chi connectivity index (χ0n) is 9.49. The minimum absolute atomic E-state index is 0.670. The van der Waals surface area contributed by atoms with Gasteiger partial charge in [0.05, 0.1) is 0 Å². The number of hydrogen-bond acceptors (Lipinski definition) is 4. The van der Waals surface area contributed by atoms with Crippen molar-refractivity contribution in [2.24, 2.45) is 0 Å². The number of aromatic nitrogens is 1. The van der Waals surface area contributed by atoms with Gasteiger partial charge in [0.1, 0.15) is 0 Å². The second-order valence-corrected chi connectivity index (χ2v) is 5.17. The van der Waals surface area contributed by atoms with E-state index < -0.39 is 0 Å². The second-order valence-electron chi connectivity index (χ2n) is 4.07. The van der Waals surface area contributed by atoms with Gasteiger partial charge in [-0.2, -0.15) is 0 Å². The van der Waals surface area contributed by atoms with Crippen LogP contribution in [0.3, 0.4) is 0 Å². The standard InChI is InChI=1S/C11H19N3S/c1-3-12-7-10-8-13-11(15-10)14-6-4-5-9(14)2/h8-9,12H,3-7H2,1-2H3. The van der Waals surface area contributed by atoms with Gasteiger partial charge in [-0.05, 0) is 26.3 Å². The molecule has 84 valence electrons. The van der Waals surface area contributed by atoms with E-state index >= 15 is 0 Å². The topological polar surface area (TPSA) is 28.2 Å². The largest absolute Gasteiger partial charge is 0.345 e. The van der Waals surface area contributed by atoms with Crippen LogP contribution in [0, 0.1) is 0 Å². The molecule has 1 aliphatic heterocycles. The predicted octanol–water partition coefficient (Wildman–Crippen LogP) is 2.24. The SMILES string of the molecule is CCNCc1cnc(N2CCCC2C)s1. The molecule has 0 aliphatic carbocycles. The lowest BCUT2D eigenvalue weighted by molar-refractivity contribution is 0.731. The molecule has 0 saturated carbocycles. The van der Waals surface area contributed by atoms with E-state index in [1.807, 2.05) is 17.5 Å². The molecule has 1 N–H and O–H groups in total. The van der Waals surface area contributed by atoms with Crippen LogP contribution in [0.5, 0.6) is 0 Å². The molecule has 4 heteroatoms. The summed E-state index contributed by atoms with van der Waals surface area (Å²) < 4.78 is 0. The van der Waals surface area contributed by atoms with Crippen LogP contribution in [0.1, 0.15) is 31.6 Å². The molecule has 2 heterocycles. The molecule has 1 unspecified atom stereocenters. The summed E-state index contributed by atoms with van der Waals surface area (Å²) >= 11 is 1.83. The van der Waals surface area contributed by atoms with Crippen molar-refractivity contribution >= 4 is 16.5 Å². The van der Waals surface area contributed by atoms with E-state index in [1.165, 1.54) is 29.4 Å². The number of nitrogens with one attached hydrogen (secondary N) is 1. The number of hydrogen-bond donors (Lipinski definition) is 1. The average molecular weight is 225 g/mol. The van der Waals surface area contributed by atoms with Crippen molar-refractivity contribution in [2.75, 3.05) is 18.0 Å². The average Bonchev–Trinajstić information content (AvgIpc) is 2.83. The molecule has 2 rings (SSSR count). The first-order chi connectivity index (χ1) is 7.31. The lowest BCUT2D eigenvalue weighted by Gasteiger charge is -2.19. The lowest BCUT2D eigenvalue weighted by atomic mass is 10.2. The molecule has 0 spiro atoms. The normalized spacial score (nSPS) is 21.2. The fraction of sp³-hybridized carbons (Fsp3) is 0.727. The monoisotopic (exact) mass is 225 g/mol. The molecule has 1 saturated heterocycles. The van der Waals surface area contributed by atoms with Crippen molar-refractivity contribution < 1.29 is 0 Å². The summed E-state index contributed by atoms with van der Waals surface area (Å²) in [6.07, 6.45) is 4.62. The van der Waals surface area contributed by atoms with Gasteiger partial charge in [-0.3, -0.25) is 0 Å². The van der Waals surface area contributed by atoms with E-state index in [2.05, 4.69) is 29.0 Å². The van der Waals surface area contributed by atoms with E-state index in [0.717, 1.165) is 13.1 Å². The van der Waals surface area contributed by atoms with Crippen molar-refractivity contribution in [1.29, 1.82) is 0 Å². The summed E-state index contributed by atoms with van der Waals surface area (Å²) in [7, 11) is 0. The molecule has 1 aromatic heterocycles. The Labute approximate surface area is 95.5 Å². The lowest BCUT2D eigenvalue weighted by Crippen LogP contribution is -2.25. The van der Waals surface area contributed by atoms with Crippen LogP contribution in [0.15, 0.2) is 6.20 Å². The van der Waals surface area contributed by atoms with Crippen molar-refractivity contribution in [3.63, 3.8) is 0 Å². The molecular formula is C11H19N3S. The first kappa shape index (κ1) is 10.9. The highest BCUT2D eigenvalue weighted by molar-refractivity contribution is 7.15. The van der Waals surface area contributed by atoms with Gasteiger partial charge in [-0.1, -0.05) is 6.92 Å². The molecule has 15 heavy (non-hydrogen) atoms. The highest BCUT2D eigenvalue weighted by atomic mass is 32.1. The summed E-state index contributed by atoms with van der Waals surface area (Å²) in [6, 6.07) is 0.670. The fourth-order valence-electron chi connectivity index (χ4n) is 1.98. The van der Waals surface area contributed by atoms with Gasteiger partial charge in [-0.25, -0.2) is 4.98 Å². The number of anilines is 1. The van der Waals surface area contributed by atoms with Gasteiger partial charge in [0.2, 0.25) is 0 Å². The highest BCUT2D eigenvalue weighted by Gasteiger charge is 2.22. The van der Waals surface area contributed by atoms with Gasteiger partial charge >= 0.3 is 0 Å².